The number of amides is 1. The van der Waals surface area contributed by atoms with Gasteiger partial charge in [-0.05, 0) is 31.2 Å². The fourth-order valence-electron chi connectivity index (χ4n) is 1.90. The van der Waals surface area contributed by atoms with Gasteiger partial charge in [0.25, 0.3) is 5.91 Å². The van der Waals surface area contributed by atoms with Crippen LogP contribution in [0.2, 0.25) is 0 Å². The largest absolute Gasteiger partial charge is 0.508 e. The Bertz CT molecular complexity index is 736. The predicted molar refractivity (Wildman–Crippen MR) is 75.1 cm³/mol. The molecule has 0 bridgehead atoms. The van der Waals surface area contributed by atoms with Crippen LogP contribution >= 0.6 is 0 Å². The summed E-state index contributed by atoms with van der Waals surface area (Å²) in [5.74, 6) is -0.902. The summed E-state index contributed by atoms with van der Waals surface area (Å²) in [6.45, 7) is 1.64. The number of halogens is 1. The first kappa shape index (κ1) is 14.5. The Balaban J connectivity index is 2.11. The monoisotopic (exact) mass is 284 g/mol. The van der Waals surface area contributed by atoms with Crippen LogP contribution in [0.15, 0.2) is 36.4 Å². The van der Waals surface area contributed by atoms with Crippen LogP contribution in [0.3, 0.4) is 0 Å². The lowest BCUT2D eigenvalue weighted by Crippen LogP contribution is -2.24. The molecule has 0 aromatic heterocycles. The van der Waals surface area contributed by atoms with Gasteiger partial charge in [0.1, 0.15) is 11.6 Å². The predicted octanol–water partition coefficient (Wildman–Crippen LogP) is 2.64. The highest BCUT2D eigenvalue weighted by Crippen LogP contribution is 2.19. The zero-order valence-corrected chi connectivity index (χ0v) is 11.4. The lowest BCUT2D eigenvalue weighted by atomic mass is 10.1. The van der Waals surface area contributed by atoms with Gasteiger partial charge < -0.3 is 10.4 Å². The van der Waals surface area contributed by atoms with Gasteiger partial charge in [0.05, 0.1) is 11.6 Å². The van der Waals surface area contributed by atoms with Crippen molar-refractivity contribution < 1.29 is 14.3 Å². The number of hydrogen-bond acceptors (Lipinski definition) is 3. The second-order valence-electron chi connectivity index (χ2n) is 4.55. The van der Waals surface area contributed by atoms with Crippen molar-refractivity contribution in [2.75, 3.05) is 0 Å². The fraction of sp³-hybridized carbons (Fsp3) is 0.125. The van der Waals surface area contributed by atoms with Crippen molar-refractivity contribution in [1.82, 2.24) is 5.32 Å². The minimum absolute atomic E-state index is 0.00543. The summed E-state index contributed by atoms with van der Waals surface area (Å²) < 4.78 is 13.7. The molecule has 106 valence electrons. The molecular formula is C16H13FN2O2. The molecule has 0 unspecified atom stereocenters. The number of phenolic OH excluding ortho intramolecular Hbond substituents is 1. The number of nitrogens with one attached hydrogen (secondary N) is 1. The third-order valence-corrected chi connectivity index (χ3v) is 3.17. The molecule has 0 aliphatic heterocycles. The molecule has 0 aliphatic carbocycles. The Morgan fingerprint density at radius 2 is 2.14 bits per heavy atom. The zero-order valence-electron chi connectivity index (χ0n) is 11.4. The van der Waals surface area contributed by atoms with Crippen LogP contribution in [0.25, 0.3) is 0 Å². The summed E-state index contributed by atoms with van der Waals surface area (Å²) in [7, 11) is 0. The Hall–Kier alpha value is -2.87. The van der Waals surface area contributed by atoms with E-state index in [1.165, 1.54) is 18.2 Å². The lowest BCUT2D eigenvalue weighted by Gasteiger charge is -2.09. The molecular weight excluding hydrogens is 271 g/mol. The number of nitriles is 1. The van der Waals surface area contributed by atoms with Crippen LogP contribution in [-0.2, 0) is 6.54 Å². The van der Waals surface area contributed by atoms with Crippen LogP contribution in [0.4, 0.5) is 4.39 Å². The molecule has 2 aromatic rings. The van der Waals surface area contributed by atoms with Crippen LogP contribution in [0, 0.1) is 24.1 Å². The maximum Gasteiger partial charge on any atom is 0.251 e. The van der Waals surface area contributed by atoms with Crippen LogP contribution in [0.5, 0.6) is 5.75 Å². The van der Waals surface area contributed by atoms with Crippen LogP contribution < -0.4 is 5.32 Å². The van der Waals surface area contributed by atoms with Crippen molar-refractivity contribution in [1.29, 1.82) is 5.26 Å². The van der Waals surface area contributed by atoms with E-state index < -0.39 is 11.7 Å². The molecule has 4 nitrogen and oxygen atoms in total. The number of aromatic hydroxyl groups is 1. The third kappa shape index (κ3) is 3.18. The van der Waals surface area contributed by atoms with E-state index in [-0.39, 0.29) is 17.9 Å². The lowest BCUT2D eigenvalue weighted by molar-refractivity contribution is 0.0949. The maximum atomic E-state index is 13.7. The van der Waals surface area contributed by atoms with Gasteiger partial charge >= 0.3 is 0 Å². The molecule has 0 atom stereocenters. The quantitative estimate of drug-likeness (QED) is 0.910. The topological polar surface area (TPSA) is 73.1 Å². The molecule has 0 heterocycles. The molecule has 5 heteroatoms. The maximum absolute atomic E-state index is 13.7. The highest BCUT2D eigenvalue weighted by Gasteiger charge is 2.12. The second-order valence-corrected chi connectivity index (χ2v) is 4.55. The Labute approximate surface area is 121 Å². The number of carbonyl (C=O) groups is 1. The van der Waals surface area contributed by atoms with Gasteiger partial charge in [0.2, 0.25) is 0 Å². The van der Waals surface area contributed by atoms with Gasteiger partial charge in [-0.25, -0.2) is 4.39 Å². The van der Waals surface area contributed by atoms with E-state index in [9.17, 15) is 14.3 Å². The standard InChI is InChI=1S/C16H13FN2O2/c1-10-13(3-2-4-15(10)20)16(21)19-9-12-6-5-11(8-18)7-14(12)17/h2-7,20H,9H2,1H3,(H,19,21). The van der Waals surface area contributed by atoms with E-state index in [0.717, 1.165) is 6.07 Å². The van der Waals surface area contributed by atoms with E-state index >= 15 is 0 Å². The van der Waals surface area contributed by atoms with Gasteiger partial charge in [-0.2, -0.15) is 5.26 Å². The molecule has 0 spiro atoms. The molecule has 0 fully saturated rings. The van der Waals surface area contributed by atoms with Gasteiger partial charge in [-0.15, -0.1) is 0 Å². The number of hydrogen-bond donors (Lipinski definition) is 2. The van der Waals surface area contributed by atoms with E-state index in [4.69, 9.17) is 5.26 Å². The fourth-order valence-corrected chi connectivity index (χ4v) is 1.90. The molecule has 21 heavy (non-hydrogen) atoms. The first-order valence-corrected chi connectivity index (χ1v) is 6.28. The smallest absolute Gasteiger partial charge is 0.251 e. The van der Waals surface area contributed by atoms with Gasteiger partial charge in [-0.1, -0.05) is 12.1 Å². The summed E-state index contributed by atoms with van der Waals surface area (Å²) >= 11 is 0. The summed E-state index contributed by atoms with van der Waals surface area (Å²) in [5, 5.41) is 20.8. The minimum atomic E-state index is -0.540. The average molecular weight is 284 g/mol. The number of rotatable bonds is 3. The molecule has 2 N–H and O–H groups in total. The Morgan fingerprint density at radius 3 is 2.81 bits per heavy atom. The van der Waals surface area contributed by atoms with Gasteiger partial charge in [-0.3, -0.25) is 4.79 Å². The first-order chi connectivity index (χ1) is 10.0. The molecule has 1 amide bonds. The van der Waals surface area contributed by atoms with E-state index in [1.807, 2.05) is 6.07 Å². The van der Waals surface area contributed by atoms with E-state index in [0.29, 0.717) is 16.7 Å². The third-order valence-electron chi connectivity index (χ3n) is 3.17. The van der Waals surface area contributed by atoms with Crippen molar-refractivity contribution in [3.8, 4) is 11.8 Å². The number of phenols is 1. The Morgan fingerprint density at radius 1 is 1.38 bits per heavy atom. The van der Waals surface area contributed by atoms with E-state index in [1.54, 1.807) is 19.1 Å². The van der Waals surface area contributed by atoms with Gasteiger partial charge in [0.15, 0.2) is 0 Å². The SMILES string of the molecule is Cc1c(O)cccc1C(=O)NCc1ccc(C#N)cc1F. The molecule has 0 radical (unpaired) electrons. The van der Waals surface area contributed by atoms with E-state index in [2.05, 4.69) is 5.32 Å². The van der Waals surface area contributed by atoms with Crippen molar-refractivity contribution in [3.05, 3.63) is 64.5 Å². The highest BCUT2D eigenvalue weighted by atomic mass is 19.1. The molecule has 2 rings (SSSR count). The number of carbonyl (C=O) groups excluding carboxylic acids is 1. The molecule has 0 saturated heterocycles. The minimum Gasteiger partial charge on any atom is -0.508 e. The number of nitrogens with zero attached hydrogens (tertiary/aromatic N) is 1. The van der Waals surface area contributed by atoms with Crippen molar-refractivity contribution in [3.63, 3.8) is 0 Å². The van der Waals surface area contributed by atoms with Crippen molar-refractivity contribution in [2.24, 2.45) is 0 Å². The summed E-state index contributed by atoms with van der Waals surface area (Å²) in [6, 6.07) is 10.6. The molecule has 2 aromatic carbocycles. The normalized spacial score (nSPS) is 9.95. The summed E-state index contributed by atoms with van der Waals surface area (Å²) in [6.07, 6.45) is 0. The molecule has 0 saturated carbocycles. The highest BCUT2D eigenvalue weighted by molar-refractivity contribution is 5.96. The van der Waals surface area contributed by atoms with Crippen molar-refractivity contribution in [2.45, 2.75) is 13.5 Å². The second kappa shape index (κ2) is 6.06. The van der Waals surface area contributed by atoms with Crippen LogP contribution in [-0.4, -0.2) is 11.0 Å². The molecule has 0 aliphatic rings. The Kier molecular flexibility index (Phi) is 4.19. The summed E-state index contributed by atoms with van der Waals surface area (Å²) in [4.78, 5) is 12.0. The van der Waals surface area contributed by atoms with Crippen LogP contribution in [0.1, 0.15) is 27.0 Å². The number of benzene rings is 2. The van der Waals surface area contributed by atoms with Crippen molar-refractivity contribution >= 4 is 5.91 Å². The zero-order chi connectivity index (χ0) is 15.4. The van der Waals surface area contributed by atoms with Gasteiger partial charge in [0, 0.05) is 23.2 Å². The summed E-state index contributed by atoms with van der Waals surface area (Å²) in [5.41, 5.74) is 1.32. The average Bonchev–Trinajstić information content (AvgIpc) is 2.48. The first-order valence-electron chi connectivity index (χ1n) is 6.28.